The lowest BCUT2D eigenvalue weighted by molar-refractivity contribution is -0.141. The van der Waals surface area contributed by atoms with Crippen LogP contribution in [0.2, 0.25) is 10.0 Å². The maximum Gasteiger partial charge on any atom is 0.435 e. The topological polar surface area (TPSA) is 55.2 Å². The molecule has 0 aliphatic carbocycles. The van der Waals surface area contributed by atoms with Crippen molar-refractivity contribution >= 4 is 40.8 Å². The Kier molecular flexibility index (Phi) is 5.73. The van der Waals surface area contributed by atoms with E-state index in [-0.39, 0.29) is 0 Å². The number of anilines is 1. The fourth-order valence-corrected chi connectivity index (χ4v) is 2.96. The van der Waals surface area contributed by atoms with Gasteiger partial charge in [-0.05, 0) is 12.1 Å². The fraction of sp³-hybridized carbons (Fsp3) is 0.267. The van der Waals surface area contributed by atoms with Gasteiger partial charge >= 0.3 is 12.4 Å². The molecular formula is C15H9Cl2F6N3O2. The van der Waals surface area contributed by atoms with E-state index in [1.54, 1.807) is 0 Å². The van der Waals surface area contributed by atoms with Crippen molar-refractivity contribution in [2.24, 2.45) is 0 Å². The highest BCUT2D eigenvalue weighted by atomic mass is 35.5. The molecule has 0 atom stereocenters. The van der Waals surface area contributed by atoms with E-state index in [2.05, 4.69) is 5.10 Å². The molecule has 1 heterocycles. The second-order valence-corrected chi connectivity index (χ2v) is 6.27. The molecule has 0 saturated carbocycles. The Morgan fingerprint density at radius 1 is 0.929 bits per heavy atom. The fourth-order valence-electron chi connectivity index (χ4n) is 2.31. The molecule has 152 valence electrons. The maximum absolute atomic E-state index is 13.1. The minimum atomic E-state index is -4.98. The lowest BCUT2D eigenvalue weighted by Crippen LogP contribution is -2.34. The number of hydrogen-bond donors (Lipinski definition) is 0. The third-order valence-corrected chi connectivity index (χ3v) is 3.97. The van der Waals surface area contributed by atoms with Gasteiger partial charge in [-0.2, -0.15) is 31.4 Å². The summed E-state index contributed by atoms with van der Waals surface area (Å²) in [6.45, 7) is 1.81. The van der Waals surface area contributed by atoms with Crippen molar-refractivity contribution in [1.29, 1.82) is 0 Å². The molecule has 0 fully saturated rings. The number of carbonyl (C=O) groups is 2. The second-order valence-electron chi connectivity index (χ2n) is 5.46. The molecule has 0 bridgehead atoms. The van der Waals surface area contributed by atoms with Gasteiger partial charge in [0.1, 0.15) is 11.5 Å². The van der Waals surface area contributed by atoms with Crippen LogP contribution in [0.3, 0.4) is 0 Å². The van der Waals surface area contributed by atoms with E-state index in [9.17, 15) is 35.9 Å². The summed E-state index contributed by atoms with van der Waals surface area (Å²) < 4.78 is 78.3. The molecule has 0 aliphatic rings. The average Bonchev–Trinajstić information content (AvgIpc) is 2.89. The average molecular weight is 448 g/mol. The van der Waals surface area contributed by atoms with Gasteiger partial charge in [0.25, 0.3) is 0 Å². The summed E-state index contributed by atoms with van der Waals surface area (Å²) >= 11 is 11.6. The number of nitrogens with zero attached hydrogens (tertiary/aromatic N) is 3. The standard InChI is InChI=1S/C15H9Cl2F6N3O2/c1-6(27)25(7(2)28)12-5-11(15(21,22)23)24-26(12)13-9(16)3-8(4-10(13)17)14(18,19)20/h3-5H,1-2H3. The molecule has 5 nitrogen and oxygen atoms in total. The summed E-state index contributed by atoms with van der Waals surface area (Å²) in [5, 5.41) is 1.87. The van der Waals surface area contributed by atoms with E-state index in [1.807, 2.05) is 0 Å². The molecule has 28 heavy (non-hydrogen) atoms. The minimum absolute atomic E-state index is 0.354. The van der Waals surface area contributed by atoms with Gasteiger partial charge in [-0.3, -0.25) is 9.59 Å². The van der Waals surface area contributed by atoms with E-state index < -0.39 is 57.0 Å². The van der Waals surface area contributed by atoms with Gasteiger partial charge in [-0.15, -0.1) is 0 Å². The van der Waals surface area contributed by atoms with Crippen LogP contribution in [-0.4, -0.2) is 21.6 Å². The molecule has 0 aliphatic heterocycles. The van der Waals surface area contributed by atoms with Crippen LogP contribution in [-0.2, 0) is 21.9 Å². The van der Waals surface area contributed by atoms with Crippen molar-refractivity contribution in [2.45, 2.75) is 26.2 Å². The Morgan fingerprint density at radius 3 is 1.75 bits per heavy atom. The summed E-state index contributed by atoms with van der Waals surface area (Å²) in [5.74, 6) is -2.60. The molecule has 0 unspecified atom stereocenters. The first-order valence-electron chi connectivity index (χ1n) is 7.19. The minimum Gasteiger partial charge on any atom is -0.274 e. The Balaban J connectivity index is 2.83. The normalized spacial score (nSPS) is 12.2. The first-order valence-corrected chi connectivity index (χ1v) is 7.95. The number of halogens is 8. The number of carbonyl (C=O) groups excluding carboxylic acids is 2. The highest BCUT2D eigenvalue weighted by Crippen LogP contribution is 2.40. The molecule has 2 amide bonds. The van der Waals surface area contributed by atoms with Crippen LogP contribution in [0.5, 0.6) is 0 Å². The van der Waals surface area contributed by atoms with Crippen molar-refractivity contribution in [2.75, 3.05) is 4.90 Å². The first-order chi connectivity index (χ1) is 12.6. The Hall–Kier alpha value is -2.27. The highest BCUT2D eigenvalue weighted by molar-refractivity contribution is 6.38. The summed E-state index contributed by atoms with van der Waals surface area (Å²) in [6, 6.07) is 1.26. The van der Waals surface area contributed by atoms with Crippen LogP contribution in [0, 0.1) is 0 Å². The van der Waals surface area contributed by atoms with Gasteiger partial charge < -0.3 is 0 Å². The van der Waals surface area contributed by atoms with Crippen molar-refractivity contribution in [3.63, 3.8) is 0 Å². The molecule has 13 heteroatoms. The molecule has 0 radical (unpaired) electrons. The maximum atomic E-state index is 13.1. The van der Waals surface area contributed by atoms with Gasteiger partial charge in [-0.25, -0.2) is 9.58 Å². The summed E-state index contributed by atoms with van der Waals surface area (Å²) in [5.41, 5.74) is -3.32. The summed E-state index contributed by atoms with van der Waals surface area (Å²) in [7, 11) is 0. The third-order valence-electron chi connectivity index (χ3n) is 3.40. The number of aromatic nitrogens is 2. The zero-order valence-electron chi connectivity index (χ0n) is 13.9. The van der Waals surface area contributed by atoms with Crippen molar-refractivity contribution in [3.8, 4) is 5.69 Å². The van der Waals surface area contributed by atoms with Crippen LogP contribution in [0.15, 0.2) is 18.2 Å². The number of imide groups is 1. The van der Waals surface area contributed by atoms with Crippen molar-refractivity contribution in [1.82, 2.24) is 9.78 Å². The number of amides is 2. The molecule has 2 rings (SSSR count). The predicted octanol–water partition coefficient (Wildman–Crippen LogP) is 5.12. The van der Waals surface area contributed by atoms with E-state index in [4.69, 9.17) is 23.2 Å². The smallest absolute Gasteiger partial charge is 0.274 e. The molecule has 2 aromatic rings. The van der Waals surface area contributed by atoms with E-state index in [0.29, 0.717) is 27.8 Å². The number of alkyl halides is 6. The number of hydrogen-bond acceptors (Lipinski definition) is 3. The van der Waals surface area contributed by atoms with Crippen LogP contribution in [0.1, 0.15) is 25.1 Å². The zero-order valence-corrected chi connectivity index (χ0v) is 15.4. The third kappa shape index (κ3) is 4.25. The molecular weight excluding hydrogens is 439 g/mol. The highest BCUT2D eigenvalue weighted by Gasteiger charge is 2.38. The van der Waals surface area contributed by atoms with Crippen LogP contribution in [0.25, 0.3) is 5.69 Å². The van der Waals surface area contributed by atoms with Gasteiger partial charge in [0.2, 0.25) is 11.8 Å². The molecule has 1 aromatic carbocycles. The molecule has 0 saturated heterocycles. The largest absolute Gasteiger partial charge is 0.435 e. The SMILES string of the molecule is CC(=O)N(C(C)=O)c1cc(C(F)(F)F)nn1-c1c(Cl)cc(C(F)(F)F)cc1Cl. The van der Waals surface area contributed by atoms with E-state index in [0.717, 1.165) is 13.8 Å². The Labute approximate surface area is 163 Å². The second kappa shape index (κ2) is 7.28. The van der Waals surface area contributed by atoms with Gasteiger partial charge in [0, 0.05) is 19.9 Å². The quantitative estimate of drug-likeness (QED) is 0.600. The van der Waals surface area contributed by atoms with Gasteiger partial charge in [0.15, 0.2) is 5.69 Å². The Bertz CT molecular complexity index is 915. The summed E-state index contributed by atoms with van der Waals surface area (Å²) in [6.07, 6.45) is -9.80. The predicted molar refractivity (Wildman–Crippen MR) is 87.4 cm³/mol. The van der Waals surface area contributed by atoms with Crippen molar-refractivity contribution < 1.29 is 35.9 Å². The van der Waals surface area contributed by atoms with E-state index in [1.165, 1.54) is 0 Å². The molecule has 0 N–H and O–H groups in total. The van der Waals surface area contributed by atoms with Crippen LogP contribution in [0.4, 0.5) is 32.2 Å². The van der Waals surface area contributed by atoms with Crippen LogP contribution < -0.4 is 4.90 Å². The lowest BCUT2D eigenvalue weighted by Gasteiger charge is -2.20. The van der Waals surface area contributed by atoms with E-state index >= 15 is 0 Å². The number of benzene rings is 1. The monoisotopic (exact) mass is 447 g/mol. The number of rotatable bonds is 2. The summed E-state index contributed by atoms with van der Waals surface area (Å²) in [4.78, 5) is 23.9. The molecule has 0 spiro atoms. The molecule has 1 aromatic heterocycles. The van der Waals surface area contributed by atoms with Gasteiger partial charge in [-0.1, -0.05) is 23.2 Å². The van der Waals surface area contributed by atoms with Crippen molar-refractivity contribution in [3.05, 3.63) is 39.5 Å². The first kappa shape index (κ1) is 22.0. The lowest BCUT2D eigenvalue weighted by atomic mass is 10.2. The van der Waals surface area contributed by atoms with Crippen LogP contribution >= 0.6 is 23.2 Å². The zero-order chi connectivity index (χ0) is 21.6. The van der Waals surface area contributed by atoms with Gasteiger partial charge in [0.05, 0.1) is 15.6 Å². The Morgan fingerprint density at radius 2 is 1.39 bits per heavy atom.